The van der Waals surface area contributed by atoms with Gasteiger partial charge < -0.3 is 5.11 Å². The fourth-order valence-electron chi connectivity index (χ4n) is 1.87. The molecule has 1 heterocycles. The van der Waals surface area contributed by atoms with Crippen molar-refractivity contribution < 1.29 is 5.11 Å². The molecule has 0 aliphatic carbocycles. The molecule has 0 atom stereocenters. The topological polar surface area (TPSA) is 23.5 Å². The molecule has 2 nitrogen and oxygen atoms in total. The van der Waals surface area contributed by atoms with Crippen LogP contribution < -0.4 is 0 Å². The van der Waals surface area contributed by atoms with E-state index in [2.05, 4.69) is 20.8 Å². The summed E-state index contributed by atoms with van der Waals surface area (Å²) in [6, 6.07) is 5.82. The van der Waals surface area contributed by atoms with Crippen LogP contribution in [0.25, 0.3) is 0 Å². The molecule has 1 fully saturated rings. The number of para-hydroxylation sites is 1. The van der Waals surface area contributed by atoms with Crippen molar-refractivity contribution in [1.29, 1.82) is 0 Å². The van der Waals surface area contributed by atoms with Crippen LogP contribution in [-0.2, 0) is 6.54 Å². The summed E-state index contributed by atoms with van der Waals surface area (Å²) in [6.45, 7) is 3.18. The van der Waals surface area contributed by atoms with E-state index >= 15 is 0 Å². The zero-order chi connectivity index (χ0) is 9.97. The van der Waals surface area contributed by atoms with Gasteiger partial charge in [-0.2, -0.15) is 0 Å². The zero-order valence-corrected chi connectivity index (χ0v) is 9.63. The van der Waals surface area contributed by atoms with Crippen LogP contribution in [0.1, 0.15) is 18.4 Å². The van der Waals surface area contributed by atoms with Crippen molar-refractivity contribution in [3.63, 3.8) is 0 Å². The number of halogens is 1. The highest BCUT2D eigenvalue weighted by atomic mass is 79.9. The first-order chi connectivity index (χ1) is 6.77. The van der Waals surface area contributed by atoms with E-state index in [1.807, 2.05) is 18.2 Å². The lowest BCUT2D eigenvalue weighted by Gasteiger charge is -2.15. The lowest BCUT2D eigenvalue weighted by Crippen LogP contribution is -2.18. The molecular formula is C11H14BrNO. The van der Waals surface area contributed by atoms with E-state index in [4.69, 9.17) is 0 Å². The molecule has 2 rings (SSSR count). The molecule has 0 saturated carbocycles. The Morgan fingerprint density at radius 2 is 2.00 bits per heavy atom. The highest BCUT2D eigenvalue weighted by Crippen LogP contribution is 2.28. The molecule has 76 valence electrons. The number of hydrogen-bond donors (Lipinski definition) is 1. The highest BCUT2D eigenvalue weighted by molar-refractivity contribution is 9.10. The summed E-state index contributed by atoms with van der Waals surface area (Å²) in [4.78, 5) is 2.38. The quantitative estimate of drug-likeness (QED) is 0.879. The summed E-state index contributed by atoms with van der Waals surface area (Å²) < 4.78 is 0.786. The summed E-state index contributed by atoms with van der Waals surface area (Å²) in [5, 5.41) is 9.78. The fourth-order valence-corrected chi connectivity index (χ4v) is 2.28. The number of benzene rings is 1. The van der Waals surface area contributed by atoms with Crippen LogP contribution in [0.15, 0.2) is 22.7 Å². The van der Waals surface area contributed by atoms with Gasteiger partial charge in [-0.25, -0.2) is 0 Å². The molecule has 1 saturated heterocycles. The normalized spacial score (nSPS) is 17.5. The number of nitrogens with zero attached hydrogens (tertiary/aromatic N) is 1. The Balaban J connectivity index is 2.11. The standard InChI is InChI=1S/C11H14BrNO/c12-10-5-3-4-9(11(10)14)8-13-6-1-2-7-13/h3-5,14H,1-2,6-8H2. The van der Waals surface area contributed by atoms with E-state index in [0.717, 1.165) is 29.7 Å². The van der Waals surface area contributed by atoms with Crippen LogP contribution in [0, 0.1) is 0 Å². The van der Waals surface area contributed by atoms with Crippen LogP contribution in [0.4, 0.5) is 0 Å². The Hall–Kier alpha value is -0.540. The second-order valence-corrected chi connectivity index (χ2v) is 4.59. The number of hydrogen-bond acceptors (Lipinski definition) is 2. The van der Waals surface area contributed by atoms with Crippen molar-refractivity contribution in [2.75, 3.05) is 13.1 Å². The van der Waals surface area contributed by atoms with E-state index in [9.17, 15) is 5.11 Å². The molecule has 0 bridgehead atoms. The van der Waals surface area contributed by atoms with Gasteiger partial charge in [-0.1, -0.05) is 12.1 Å². The molecule has 1 aromatic carbocycles. The number of phenols is 1. The molecule has 0 unspecified atom stereocenters. The van der Waals surface area contributed by atoms with Crippen molar-refractivity contribution in [3.05, 3.63) is 28.2 Å². The van der Waals surface area contributed by atoms with Crippen LogP contribution in [0.3, 0.4) is 0 Å². The second-order valence-electron chi connectivity index (χ2n) is 3.73. The van der Waals surface area contributed by atoms with Gasteiger partial charge in [0.15, 0.2) is 0 Å². The molecule has 0 spiro atoms. The van der Waals surface area contributed by atoms with E-state index in [1.165, 1.54) is 12.8 Å². The van der Waals surface area contributed by atoms with E-state index in [1.54, 1.807) is 0 Å². The molecule has 0 aromatic heterocycles. The molecular weight excluding hydrogens is 242 g/mol. The van der Waals surface area contributed by atoms with Crippen LogP contribution in [0.5, 0.6) is 5.75 Å². The predicted molar refractivity (Wildman–Crippen MR) is 60.3 cm³/mol. The summed E-state index contributed by atoms with van der Waals surface area (Å²) in [5.41, 5.74) is 1.02. The molecule has 3 heteroatoms. The summed E-state index contributed by atoms with van der Waals surface area (Å²) in [5.74, 6) is 0.388. The van der Waals surface area contributed by atoms with E-state index < -0.39 is 0 Å². The van der Waals surface area contributed by atoms with E-state index in [-0.39, 0.29) is 0 Å². The second kappa shape index (κ2) is 4.32. The number of aromatic hydroxyl groups is 1. The smallest absolute Gasteiger partial charge is 0.134 e. The Labute approximate surface area is 92.7 Å². The molecule has 0 amide bonds. The summed E-state index contributed by atoms with van der Waals surface area (Å²) in [6.07, 6.45) is 2.57. The maximum absolute atomic E-state index is 9.78. The fraction of sp³-hybridized carbons (Fsp3) is 0.455. The molecule has 0 radical (unpaired) electrons. The third kappa shape index (κ3) is 2.10. The number of likely N-dealkylation sites (tertiary alicyclic amines) is 1. The first-order valence-electron chi connectivity index (χ1n) is 4.96. The molecule has 1 aliphatic heterocycles. The maximum Gasteiger partial charge on any atom is 0.134 e. The minimum atomic E-state index is 0.388. The Morgan fingerprint density at radius 1 is 1.29 bits per heavy atom. The van der Waals surface area contributed by atoms with Gasteiger partial charge >= 0.3 is 0 Å². The highest BCUT2D eigenvalue weighted by Gasteiger charge is 2.14. The lowest BCUT2D eigenvalue weighted by molar-refractivity contribution is 0.324. The first kappa shape index (κ1) is 9.99. The molecule has 1 aliphatic rings. The van der Waals surface area contributed by atoms with Gasteiger partial charge in [0.2, 0.25) is 0 Å². The Bertz CT molecular complexity index is 321. The van der Waals surface area contributed by atoms with Crippen molar-refractivity contribution in [1.82, 2.24) is 4.90 Å². The molecule has 14 heavy (non-hydrogen) atoms. The Kier molecular flexibility index (Phi) is 3.08. The van der Waals surface area contributed by atoms with Gasteiger partial charge in [-0.3, -0.25) is 4.90 Å². The number of phenolic OH excluding ortho intramolecular Hbond substituents is 1. The van der Waals surface area contributed by atoms with Gasteiger partial charge in [-0.15, -0.1) is 0 Å². The minimum Gasteiger partial charge on any atom is -0.506 e. The summed E-state index contributed by atoms with van der Waals surface area (Å²) in [7, 11) is 0. The first-order valence-corrected chi connectivity index (χ1v) is 5.75. The maximum atomic E-state index is 9.78. The van der Waals surface area contributed by atoms with Crippen LogP contribution in [0.2, 0.25) is 0 Å². The monoisotopic (exact) mass is 255 g/mol. The van der Waals surface area contributed by atoms with Crippen LogP contribution in [-0.4, -0.2) is 23.1 Å². The third-order valence-corrected chi connectivity index (χ3v) is 3.30. The molecule has 1 aromatic rings. The lowest BCUT2D eigenvalue weighted by atomic mass is 10.2. The zero-order valence-electron chi connectivity index (χ0n) is 8.04. The average Bonchev–Trinajstić information content (AvgIpc) is 2.66. The van der Waals surface area contributed by atoms with Gasteiger partial charge in [-0.05, 0) is 47.9 Å². The SMILES string of the molecule is Oc1c(Br)cccc1CN1CCCC1. The average molecular weight is 256 g/mol. The van der Waals surface area contributed by atoms with E-state index in [0.29, 0.717) is 5.75 Å². The van der Waals surface area contributed by atoms with Crippen molar-refractivity contribution in [2.45, 2.75) is 19.4 Å². The van der Waals surface area contributed by atoms with Gasteiger partial charge in [0.25, 0.3) is 0 Å². The predicted octanol–water partition coefficient (Wildman–Crippen LogP) is 2.75. The summed E-state index contributed by atoms with van der Waals surface area (Å²) >= 11 is 3.33. The van der Waals surface area contributed by atoms with Crippen molar-refractivity contribution in [3.8, 4) is 5.75 Å². The largest absolute Gasteiger partial charge is 0.506 e. The molecule has 1 N–H and O–H groups in total. The Morgan fingerprint density at radius 3 is 2.71 bits per heavy atom. The van der Waals surface area contributed by atoms with Gasteiger partial charge in [0.05, 0.1) is 4.47 Å². The van der Waals surface area contributed by atoms with Gasteiger partial charge in [0, 0.05) is 12.1 Å². The van der Waals surface area contributed by atoms with Gasteiger partial charge in [0.1, 0.15) is 5.75 Å². The van der Waals surface area contributed by atoms with Crippen molar-refractivity contribution >= 4 is 15.9 Å². The van der Waals surface area contributed by atoms with Crippen LogP contribution >= 0.6 is 15.9 Å². The third-order valence-electron chi connectivity index (χ3n) is 2.66. The minimum absolute atomic E-state index is 0.388. The van der Waals surface area contributed by atoms with Crippen molar-refractivity contribution in [2.24, 2.45) is 0 Å². The number of rotatable bonds is 2.